The molecule has 0 fully saturated rings. The Kier molecular flexibility index (Phi) is 6.91. The van der Waals surface area contributed by atoms with Gasteiger partial charge in [-0.2, -0.15) is 0 Å². The van der Waals surface area contributed by atoms with Crippen molar-refractivity contribution in [3.8, 4) is 0 Å². The van der Waals surface area contributed by atoms with Gasteiger partial charge in [-0.15, -0.1) is 0 Å². The zero-order chi connectivity index (χ0) is 7.21. The molecule has 0 aromatic heterocycles. The molecule has 0 amide bonds. The van der Waals surface area contributed by atoms with Crippen LogP contribution in [0.2, 0.25) is 0 Å². The Bertz CT molecular complexity index is 149. The summed E-state index contributed by atoms with van der Waals surface area (Å²) in [6.45, 7) is 0. The van der Waals surface area contributed by atoms with Crippen molar-refractivity contribution >= 4 is 8.34 Å². The molecular formula is H3CrO6P. The van der Waals surface area contributed by atoms with E-state index in [0.717, 1.165) is 0 Å². The fourth-order valence-electron chi connectivity index (χ4n) is 0. The van der Waals surface area contributed by atoms with Crippen LogP contribution in [-0.2, 0) is 30.4 Å². The summed E-state index contributed by atoms with van der Waals surface area (Å²) < 4.78 is 48.7. The summed E-state index contributed by atoms with van der Waals surface area (Å²) in [5.41, 5.74) is 0. The van der Waals surface area contributed by atoms with Crippen molar-refractivity contribution in [1.29, 1.82) is 0 Å². The van der Waals surface area contributed by atoms with Gasteiger partial charge in [0, 0.05) is 0 Å². The first-order valence-corrected chi connectivity index (χ1v) is 4.10. The molecule has 0 aromatic carbocycles. The number of rotatable bonds is 0. The normalized spacial score (nSPS) is 8.75. The summed E-state index contributed by atoms with van der Waals surface area (Å²) in [5, 5.41) is 0. The second kappa shape index (κ2) is 5.10. The van der Waals surface area contributed by atoms with E-state index in [0.29, 0.717) is 0 Å². The van der Waals surface area contributed by atoms with Gasteiger partial charge in [-0.1, -0.05) is 0 Å². The fraction of sp³-hybridized carbons (Fsp3) is 0. The molecule has 0 heterocycles. The van der Waals surface area contributed by atoms with E-state index in [1.165, 1.54) is 0 Å². The van der Waals surface area contributed by atoms with Gasteiger partial charge in [0.2, 0.25) is 0 Å². The van der Waals surface area contributed by atoms with Crippen LogP contribution in [0.5, 0.6) is 0 Å². The molecule has 0 saturated heterocycles. The summed E-state index contributed by atoms with van der Waals surface area (Å²) >= 11 is -5.25. The van der Waals surface area contributed by atoms with E-state index in [2.05, 4.69) is 0 Å². The Balaban J connectivity index is 0. The van der Waals surface area contributed by atoms with Crippen LogP contribution in [0.1, 0.15) is 0 Å². The van der Waals surface area contributed by atoms with Crippen molar-refractivity contribution in [2.75, 3.05) is 0 Å². The molecule has 8 heavy (non-hydrogen) atoms. The summed E-state index contributed by atoms with van der Waals surface area (Å²) in [6, 6.07) is 0. The molecule has 0 rings (SSSR count). The Morgan fingerprint density at radius 1 is 1.12 bits per heavy atom. The van der Waals surface area contributed by atoms with Gasteiger partial charge < -0.3 is 0 Å². The van der Waals surface area contributed by atoms with Crippen LogP contribution in [0.4, 0.5) is 0 Å². The molecule has 50 valence electrons. The van der Waals surface area contributed by atoms with Gasteiger partial charge in [0.1, 0.15) is 0 Å². The molecule has 0 aromatic rings. The predicted octanol–water partition coefficient (Wildman–Crippen LogP) is -0.998. The summed E-state index contributed by atoms with van der Waals surface area (Å²) in [5.74, 6) is 0. The Labute approximate surface area is 47.8 Å². The van der Waals surface area contributed by atoms with Crippen molar-refractivity contribution in [2.45, 2.75) is 0 Å². The monoisotopic (exact) mass is 182 g/mol. The first-order chi connectivity index (χ1) is 3.41. The standard InChI is InChI=1S/Cr.HO2P.2H2O.2O/c;1-3-2;;;;/h;3H;2*1H2;;/q+2;;;;;/p-2. The molecular weight excluding hydrogens is 179 g/mol. The summed E-state index contributed by atoms with van der Waals surface area (Å²) in [4.78, 5) is 0. The second-order valence-corrected chi connectivity index (χ2v) is 2.10. The SMILES string of the molecule is O=[PH]=O.[O]=[Cr](=[O])([OH])[OH]. The van der Waals surface area contributed by atoms with Gasteiger partial charge in [-0.05, 0) is 0 Å². The summed E-state index contributed by atoms with van der Waals surface area (Å²) in [7, 11) is -1.42. The molecule has 0 radical (unpaired) electrons. The third kappa shape index (κ3) is 64600. The topological polar surface area (TPSA) is 109 Å². The molecule has 0 unspecified atom stereocenters. The predicted molar refractivity (Wildman–Crippen MR) is 15.5 cm³/mol. The number of hydrogen-bond acceptors (Lipinski definition) is 4. The minimum absolute atomic E-state index is 1.42. The van der Waals surface area contributed by atoms with Crippen molar-refractivity contribution in [3.63, 3.8) is 0 Å². The Morgan fingerprint density at radius 2 is 1.12 bits per heavy atom. The van der Waals surface area contributed by atoms with Crippen molar-refractivity contribution in [3.05, 3.63) is 0 Å². The van der Waals surface area contributed by atoms with Gasteiger partial charge in [-0.3, -0.25) is 0 Å². The molecule has 6 nitrogen and oxygen atoms in total. The average Bonchev–Trinajstić information content (AvgIpc) is 1.27. The van der Waals surface area contributed by atoms with Crippen molar-refractivity contribution in [1.82, 2.24) is 0 Å². The molecule has 0 aliphatic carbocycles. The molecule has 2 N–H and O–H groups in total. The van der Waals surface area contributed by atoms with E-state index >= 15 is 0 Å². The number of hydrogen-bond donors (Lipinski definition) is 2. The van der Waals surface area contributed by atoms with Crippen LogP contribution < -0.4 is 0 Å². The summed E-state index contributed by atoms with van der Waals surface area (Å²) in [6.07, 6.45) is 0. The minimum atomic E-state index is -5.25. The van der Waals surface area contributed by atoms with Crippen LogP contribution >= 0.6 is 8.34 Å². The molecule has 0 atom stereocenters. The second-order valence-electron chi connectivity index (χ2n) is 0.531. The van der Waals surface area contributed by atoms with E-state index in [-0.39, 0.29) is 0 Å². The first-order valence-electron chi connectivity index (χ1n) is 1.11. The van der Waals surface area contributed by atoms with E-state index in [4.69, 9.17) is 25.1 Å². The van der Waals surface area contributed by atoms with Gasteiger partial charge >= 0.3 is 37.9 Å². The molecule has 0 aliphatic rings. The van der Waals surface area contributed by atoms with Gasteiger partial charge in [0.25, 0.3) is 0 Å². The molecule has 0 bridgehead atoms. The van der Waals surface area contributed by atoms with Crippen molar-refractivity contribution < 1.29 is 38.7 Å². The van der Waals surface area contributed by atoms with Crippen LogP contribution in [0.3, 0.4) is 0 Å². The van der Waals surface area contributed by atoms with E-state index in [9.17, 15) is 0 Å². The maximum atomic E-state index is 8.82. The average molecular weight is 182 g/mol. The maximum absolute atomic E-state index is 8.82. The zero-order valence-electron chi connectivity index (χ0n) is 3.44. The molecule has 0 spiro atoms. The third-order valence-electron chi connectivity index (χ3n) is 0. The van der Waals surface area contributed by atoms with E-state index in [1.54, 1.807) is 0 Å². The Morgan fingerprint density at radius 3 is 1.12 bits per heavy atom. The first kappa shape index (κ1) is 10.8. The van der Waals surface area contributed by atoms with Gasteiger partial charge in [0.05, 0.1) is 0 Å². The van der Waals surface area contributed by atoms with E-state index < -0.39 is 22.0 Å². The van der Waals surface area contributed by atoms with Gasteiger partial charge in [-0.25, -0.2) is 9.13 Å². The molecule has 8 heteroatoms. The quantitative estimate of drug-likeness (QED) is 0.465. The van der Waals surface area contributed by atoms with Crippen LogP contribution in [0.25, 0.3) is 0 Å². The van der Waals surface area contributed by atoms with Crippen LogP contribution in [0, 0.1) is 0 Å². The van der Waals surface area contributed by atoms with E-state index in [1.807, 2.05) is 0 Å². The van der Waals surface area contributed by atoms with Crippen molar-refractivity contribution in [2.24, 2.45) is 0 Å². The van der Waals surface area contributed by atoms with Crippen LogP contribution in [0.15, 0.2) is 0 Å². The van der Waals surface area contributed by atoms with Crippen LogP contribution in [-0.4, -0.2) is 8.32 Å². The molecule has 0 aliphatic heterocycles. The Hall–Kier alpha value is -0.0475. The zero-order valence-corrected chi connectivity index (χ0v) is 5.71. The van der Waals surface area contributed by atoms with Gasteiger partial charge in [0.15, 0.2) is 0 Å². The molecule has 0 saturated carbocycles. The fourth-order valence-corrected chi connectivity index (χ4v) is 0. The third-order valence-corrected chi connectivity index (χ3v) is 0.